The molecule has 0 aliphatic heterocycles. The van der Waals surface area contributed by atoms with Crippen molar-refractivity contribution < 1.29 is 9.53 Å². The second-order valence-corrected chi connectivity index (χ2v) is 6.84. The van der Waals surface area contributed by atoms with Crippen LogP contribution in [0.1, 0.15) is 60.8 Å². The lowest BCUT2D eigenvalue weighted by Crippen LogP contribution is -2.43. The van der Waals surface area contributed by atoms with Gasteiger partial charge in [-0.15, -0.1) is 0 Å². The maximum absolute atomic E-state index is 11.9. The molecule has 0 fully saturated rings. The molecule has 0 aromatic carbocycles. The zero-order chi connectivity index (χ0) is 14.0. The molecule has 104 valence electrons. The molecule has 2 heteroatoms. The summed E-state index contributed by atoms with van der Waals surface area (Å²) in [6.07, 6.45) is 5.27. The number of ketones is 1. The summed E-state index contributed by atoms with van der Waals surface area (Å²) < 4.78 is 5.87. The standard InChI is InChI=1S/C16H28O2/c1-7-8-9-18-13-10-15(3,4)14(12(2)17)16(5,6)11-13/h10,14H,7-9,11H2,1-6H3. The molecule has 0 heterocycles. The first-order valence-electron chi connectivity index (χ1n) is 7.05. The smallest absolute Gasteiger partial charge is 0.134 e. The van der Waals surface area contributed by atoms with Gasteiger partial charge in [0.1, 0.15) is 5.78 Å². The van der Waals surface area contributed by atoms with E-state index in [9.17, 15) is 4.79 Å². The van der Waals surface area contributed by atoms with Gasteiger partial charge in [-0.2, -0.15) is 0 Å². The van der Waals surface area contributed by atoms with Gasteiger partial charge in [-0.25, -0.2) is 0 Å². The van der Waals surface area contributed by atoms with Crippen molar-refractivity contribution in [2.45, 2.75) is 60.8 Å². The number of allylic oxidation sites excluding steroid dienone is 2. The molecule has 1 aliphatic carbocycles. The third kappa shape index (κ3) is 3.37. The molecule has 2 nitrogen and oxygen atoms in total. The average Bonchev–Trinajstić information content (AvgIpc) is 2.12. The van der Waals surface area contributed by atoms with Crippen molar-refractivity contribution in [3.05, 3.63) is 11.8 Å². The summed E-state index contributed by atoms with van der Waals surface area (Å²) in [4.78, 5) is 11.9. The van der Waals surface area contributed by atoms with Crippen LogP contribution >= 0.6 is 0 Å². The van der Waals surface area contributed by atoms with E-state index in [4.69, 9.17) is 4.74 Å². The molecule has 1 aliphatic rings. The molecule has 1 rings (SSSR count). The summed E-state index contributed by atoms with van der Waals surface area (Å²) in [5.74, 6) is 1.42. The van der Waals surface area contributed by atoms with Gasteiger partial charge in [-0.05, 0) is 30.3 Å². The molecule has 18 heavy (non-hydrogen) atoms. The lowest BCUT2D eigenvalue weighted by molar-refractivity contribution is -0.129. The van der Waals surface area contributed by atoms with Crippen LogP contribution in [0.25, 0.3) is 0 Å². The Balaban J connectivity index is 2.90. The highest BCUT2D eigenvalue weighted by molar-refractivity contribution is 5.80. The molecule has 0 bridgehead atoms. The first-order chi connectivity index (χ1) is 8.20. The molecule has 0 saturated heterocycles. The Morgan fingerprint density at radius 1 is 1.39 bits per heavy atom. The minimum atomic E-state index is -0.116. The van der Waals surface area contributed by atoms with E-state index in [0.717, 1.165) is 31.6 Å². The van der Waals surface area contributed by atoms with Crippen molar-refractivity contribution in [2.75, 3.05) is 6.61 Å². The second kappa shape index (κ2) is 5.46. The highest BCUT2D eigenvalue weighted by Crippen LogP contribution is 2.50. The van der Waals surface area contributed by atoms with E-state index in [1.54, 1.807) is 6.92 Å². The molecule has 0 aromatic heterocycles. The van der Waals surface area contributed by atoms with E-state index in [2.05, 4.69) is 40.7 Å². The summed E-state index contributed by atoms with van der Waals surface area (Å²) in [6, 6.07) is 0. The van der Waals surface area contributed by atoms with Crippen molar-refractivity contribution in [1.82, 2.24) is 0 Å². The monoisotopic (exact) mass is 252 g/mol. The highest BCUT2D eigenvalue weighted by Gasteiger charge is 2.46. The van der Waals surface area contributed by atoms with E-state index in [1.807, 2.05) is 0 Å². The SMILES string of the molecule is CCCCOC1=CC(C)(C)C(C(C)=O)C(C)(C)C1. The molecule has 0 N–H and O–H groups in total. The number of Topliss-reactive ketones (excluding diaryl/α,β-unsaturated/α-hetero) is 1. The predicted molar refractivity (Wildman–Crippen MR) is 75.3 cm³/mol. The van der Waals surface area contributed by atoms with Crippen LogP contribution in [-0.4, -0.2) is 12.4 Å². The van der Waals surface area contributed by atoms with Crippen LogP contribution in [0.15, 0.2) is 11.8 Å². The number of carbonyl (C=O) groups is 1. The van der Waals surface area contributed by atoms with Gasteiger partial charge in [-0.3, -0.25) is 4.79 Å². The number of hydrogen-bond donors (Lipinski definition) is 0. The Labute approximate surface area is 112 Å². The van der Waals surface area contributed by atoms with Crippen LogP contribution in [0.5, 0.6) is 0 Å². The van der Waals surface area contributed by atoms with Crippen LogP contribution in [0.4, 0.5) is 0 Å². The number of carbonyl (C=O) groups excluding carboxylic acids is 1. The fourth-order valence-corrected chi connectivity index (χ4v) is 3.62. The fourth-order valence-electron chi connectivity index (χ4n) is 3.62. The Kier molecular flexibility index (Phi) is 4.63. The molecule has 0 saturated carbocycles. The van der Waals surface area contributed by atoms with Gasteiger partial charge >= 0.3 is 0 Å². The van der Waals surface area contributed by atoms with E-state index in [1.165, 1.54) is 0 Å². The van der Waals surface area contributed by atoms with Gasteiger partial charge in [0.05, 0.1) is 12.4 Å². The summed E-state index contributed by atoms with van der Waals surface area (Å²) in [6.45, 7) is 13.3. The van der Waals surface area contributed by atoms with Crippen LogP contribution in [0, 0.1) is 16.7 Å². The molecule has 0 amide bonds. The lowest BCUT2D eigenvalue weighted by atomic mass is 9.58. The van der Waals surface area contributed by atoms with E-state index >= 15 is 0 Å². The third-order valence-corrected chi connectivity index (χ3v) is 3.88. The summed E-state index contributed by atoms with van der Waals surface area (Å²) >= 11 is 0. The largest absolute Gasteiger partial charge is 0.498 e. The number of rotatable bonds is 5. The fraction of sp³-hybridized carbons (Fsp3) is 0.812. The highest BCUT2D eigenvalue weighted by atomic mass is 16.5. The van der Waals surface area contributed by atoms with Gasteiger partial charge < -0.3 is 4.74 Å². The molecule has 0 spiro atoms. The van der Waals surface area contributed by atoms with Crippen LogP contribution < -0.4 is 0 Å². The van der Waals surface area contributed by atoms with Gasteiger partial charge in [0.25, 0.3) is 0 Å². The van der Waals surface area contributed by atoms with Crippen LogP contribution in [0.2, 0.25) is 0 Å². The van der Waals surface area contributed by atoms with E-state index in [-0.39, 0.29) is 22.5 Å². The van der Waals surface area contributed by atoms with Crippen molar-refractivity contribution in [3.8, 4) is 0 Å². The van der Waals surface area contributed by atoms with Gasteiger partial charge in [0.2, 0.25) is 0 Å². The van der Waals surface area contributed by atoms with Crippen LogP contribution in [0.3, 0.4) is 0 Å². The minimum Gasteiger partial charge on any atom is -0.498 e. The summed E-state index contributed by atoms with van der Waals surface area (Å²) in [7, 11) is 0. The Morgan fingerprint density at radius 2 is 2.00 bits per heavy atom. The third-order valence-electron chi connectivity index (χ3n) is 3.88. The lowest BCUT2D eigenvalue weighted by Gasteiger charge is -2.46. The van der Waals surface area contributed by atoms with E-state index in [0.29, 0.717) is 0 Å². The molecule has 0 aromatic rings. The van der Waals surface area contributed by atoms with Gasteiger partial charge in [0.15, 0.2) is 0 Å². The van der Waals surface area contributed by atoms with Gasteiger partial charge in [-0.1, -0.05) is 41.0 Å². The zero-order valence-electron chi connectivity index (χ0n) is 12.8. The van der Waals surface area contributed by atoms with Crippen molar-refractivity contribution in [3.63, 3.8) is 0 Å². The number of unbranched alkanes of at least 4 members (excludes halogenated alkanes) is 1. The molecular weight excluding hydrogens is 224 g/mol. The number of ether oxygens (including phenoxy) is 1. The first-order valence-corrected chi connectivity index (χ1v) is 7.05. The quantitative estimate of drug-likeness (QED) is 0.680. The maximum atomic E-state index is 11.9. The predicted octanol–water partition coefficient (Wildman–Crippen LogP) is 4.35. The summed E-state index contributed by atoms with van der Waals surface area (Å²) in [5, 5.41) is 0. The zero-order valence-corrected chi connectivity index (χ0v) is 12.8. The normalized spacial score (nSPS) is 25.4. The Morgan fingerprint density at radius 3 is 2.44 bits per heavy atom. The number of hydrogen-bond acceptors (Lipinski definition) is 2. The second-order valence-electron chi connectivity index (χ2n) is 6.84. The topological polar surface area (TPSA) is 26.3 Å². The molecular formula is C16H28O2. The summed E-state index contributed by atoms with van der Waals surface area (Å²) in [5.41, 5.74) is -0.138. The molecule has 0 radical (unpaired) electrons. The average molecular weight is 252 g/mol. The maximum Gasteiger partial charge on any atom is 0.134 e. The minimum absolute atomic E-state index is 0.0222. The molecule has 1 atom stereocenters. The first kappa shape index (κ1) is 15.3. The van der Waals surface area contributed by atoms with Crippen molar-refractivity contribution in [1.29, 1.82) is 0 Å². The Bertz CT molecular complexity index is 337. The van der Waals surface area contributed by atoms with Crippen molar-refractivity contribution in [2.24, 2.45) is 16.7 Å². The Hall–Kier alpha value is -0.790. The van der Waals surface area contributed by atoms with Crippen LogP contribution in [-0.2, 0) is 9.53 Å². The van der Waals surface area contributed by atoms with Gasteiger partial charge in [0, 0.05) is 12.3 Å². The molecule has 1 unspecified atom stereocenters. The van der Waals surface area contributed by atoms with Crippen molar-refractivity contribution >= 4 is 5.78 Å². The van der Waals surface area contributed by atoms with E-state index < -0.39 is 0 Å².